The number of hydrogen-bond acceptors (Lipinski definition) is 4. The number of ether oxygens (including phenoxy) is 1. The number of carbonyl (C=O) groups is 1. The standard InChI is InChI=1S/C20H24FN3O2/c1-14(25)22-12-16-7-4-8-17(23-16)18-9-5-11-24(18)13-15-6-3-10-19(26-2)20(15)21/h3-4,6-8,10,18H,5,9,11-13H2,1-2H3,(H,22,25). The molecule has 2 aromatic rings. The maximum Gasteiger partial charge on any atom is 0.217 e. The summed E-state index contributed by atoms with van der Waals surface area (Å²) in [5, 5.41) is 2.77. The zero-order valence-corrected chi connectivity index (χ0v) is 15.2. The van der Waals surface area contributed by atoms with Crippen molar-refractivity contribution in [1.29, 1.82) is 0 Å². The number of amides is 1. The fraction of sp³-hybridized carbons (Fsp3) is 0.400. The van der Waals surface area contributed by atoms with Gasteiger partial charge in [-0.25, -0.2) is 4.39 Å². The quantitative estimate of drug-likeness (QED) is 0.863. The van der Waals surface area contributed by atoms with E-state index in [0.29, 0.717) is 18.7 Å². The highest BCUT2D eigenvalue weighted by Gasteiger charge is 2.28. The maximum atomic E-state index is 14.5. The van der Waals surface area contributed by atoms with E-state index in [1.807, 2.05) is 24.3 Å². The van der Waals surface area contributed by atoms with E-state index in [9.17, 15) is 9.18 Å². The van der Waals surface area contributed by atoms with Gasteiger partial charge in [0, 0.05) is 19.0 Å². The van der Waals surface area contributed by atoms with Crippen LogP contribution in [0.3, 0.4) is 0 Å². The lowest BCUT2D eigenvalue weighted by atomic mass is 10.1. The van der Waals surface area contributed by atoms with Gasteiger partial charge in [-0.15, -0.1) is 0 Å². The normalized spacial score (nSPS) is 17.3. The molecule has 0 radical (unpaired) electrons. The molecule has 1 aromatic carbocycles. The minimum absolute atomic E-state index is 0.0757. The molecule has 1 fully saturated rings. The number of pyridine rings is 1. The highest BCUT2D eigenvalue weighted by Crippen LogP contribution is 2.33. The summed E-state index contributed by atoms with van der Waals surface area (Å²) >= 11 is 0. The smallest absolute Gasteiger partial charge is 0.217 e. The van der Waals surface area contributed by atoms with Crippen LogP contribution in [0.2, 0.25) is 0 Å². The molecule has 6 heteroatoms. The molecule has 0 aliphatic carbocycles. The molecule has 5 nitrogen and oxygen atoms in total. The van der Waals surface area contributed by atoms with Gasteiger partial charge in [-0.05, 0) is 37.6 Å². The van der Waals surface area contributed by atoms with E-state index in [2.05, 4.69) is 10.2 Å². The van der Waals surface area contributed by atoms with Crippen LogP contribution >= 0.6 is 0 Å². The summed E-state index contributed by atoms with van der Waals surface area (Å²) in [6, 6.07) is 11.3. The molecular formula is C20H24FN3O2. The number of benzene rings is 1. The van der Waals surface area contributed by atoms with Gasteiger partial charge in [0.05, 0.1) is 31.1 Å². The fourth-order valence-corrected chi connectivity index (χ4v) is 3.40. The predicted octanol–water partition coefficient (Wildman–Crippen LogP) is 3.20. The van der Waals surface area contributed by atoms with Crippen LogP contribution in [-0.4, -0.2) is 29.4 Å². The van der Waals surface area contributed by atoms with E-state index in [1.165, 1.54) is 14.0 Å². The monoisotopic (exact) mass is 357 g/mol. The summed E-state index contributed by atoms with van der Waals surface area (Å²) in [7, 11) is 1.48. The van der Waals surface area contributed by atoms with Gasteiger partial charge in [-0.3, -0.25) is 14.7 Å². The molecule has 1 aliphatic heterocycles. The Hall–Kier alpha value is -2.47. The maximum absolute atomic E-state index is 14.5. The van der Waals surface area contributed by atoms with Crippen LogP contribution in [0.4, 0.5) is 4.39 Å². The molecule has 1 N–H and O–H groups in total. The third kappa shape index (κ3) is 4.19. The second-order valence-electron chi connectivity index (χ2n) is 6.53. The van der Waals surface area contributed by atoms with Gasteiger partial charge < -0.3 is 10.1 Å². The van der Waals surface area contributed by atoms with Crippen molar-refractivity contribution >= 4 is 5.91 Å². The largest absolute Gasteiger partial charge is 0.494 e. The first-order valence-corrected chi connectivity index (χ1v) is 8.84. The first-order chi connectivity index (χ1) is 12.6. The van der Waals surface area contributed by atoms with Crippen LogP contribution in [0, 0.1) is 5.82 Å². The van der Waals surface area contributed by atoms with Crippen molar-refractivity contribution < 1.29 is 13.9 Å². The molecule has 1 atom stereocenters. The Bertz CT molecular complexity index is 781. The molecule has 0 spiro atoms. The number of halogens is 1. The first-order valence-electron chi connectivity index (χ1n) is 8.84. The lowest BCUT2D eigenvalue weighted by molar-refractivity contribution is -0.119. The molecule has 26 heavy (non-hydrogen) atoms. The number of nitrogens with zero attached hydrogens (tertiary/aromatic N) is 2. The van der Waals surface area contributed by atoms with Crippen LogP contribution in [0.5, 0.6) is 5.75 Å². The highest BCUT2D eigenvalue weighted by atomic mass is 19.1. The van der Waals surface area contributed by atoms with Crippen molar-refractivity contribution in [3.05, 3.63) is 59.2 Å². The highest BCUT2D eigenvalue weighted by molar-refractivity contribution is 5.72. The molecule has 138 valence electrons. The Kier molecular flexibility index (Phi) is 5.83. The van der Waals surface area contributed by atoms with Crippen molar-refractivity contribution in [3.63, 3.8) is 0 Å². The van der Waals surface area contributed by atoms with Crippen LogP contribution in [0.25, 0.3) is 0 Å². The second kappa shape index (κ2) is 8.27. The van der Waals surface area contributed by atoms with E-state index in [-0.39, 0.29) is 23.5 Å². The Labute approximate surface area is 153 Å². The van der Waals surface area contributed by atoms with Crippen molar-refractivity contribution in [3.8, 4) is 5.75 Å². The molecule has 1 amide bonds. The number of carbonyl (C=O) groups excluding carboxylic acids is 1. The van der Waals surface area contributed by atoms with E-state index in [0.717, 1.165) is 30.8 Å². The van der Waals surface area contributed by atoms with Crippen molar-refractivity contribution in [2.24, 2.45) is 0 Å². The summed E-state index contributed by atoms with van der Waals surface area (Å²) in [5.74, 6) is -0.102. The molecule has 0 saturated carbocycles. The Balaban J connectivity index is 1.76. The zero-order chi connectivity index (χ0) is 18.5. The number of nitrogens with one attached hydrogen (secondary N) is 1. The average molecular weight is 357 g/mol. The number of rotatable bonds is 6. The van der Waals surface area contributed by atoms with Crippen LogP contribution < -0.4 is 10.1 Å². The van der Waals surface area contributed by atoms with Crippen molar-refractivity contribution in [1.82, 2.24) is 15.2 Å². The molecule has 3 rings (SSSR count). The summed E-state index contributed by atoms with van der Waals surface area (Å²) < 4.78 is 19.6. The SMILES string of the molecule is COc1cccc(CN2CCCC2c2cccc(CNC(C)=O)n2)c1F. The molecule has 1 aromatic heterocycles. The lowest BCUT2D eigenvalue weighted by Crippen LogP contribution is -2.25. The van der Waals surface area contributed by atoms with Crippen molar-refractivity contribution in [2.75, 3.05) is 13.7 Å². The summed E-state index contributed by atoms with van der Waals surface area (Å²) in [5.41, 5.74) is 2.43. The molecular weight excluding hydrogens is 333 g/mol. The van der Waals surface area contributed by atoms with Crippen LogP contribution in [-0.2, 0) is 17.9 Å². The second-order valence-corrected chi connectivity index (χ2v) is 6.53. The van der Waals surface area contributed by atoms with E-state index in [4.69, 9.17) is 9.72 Å². The minimum Gasteiger partial charge on any atom is -0.494 e. The van der Waals surface area contributed by atoms with Crippen LogP contribution in [0.1, 0.15) is 42.8 Å². The summed E-state index contributed by atoms with van der Waals surface area (Å²) in [6.07, 6.45) is 2.04. The summed E-state index contributed by atoms with van der Waals surface area (Å²) in [4.78, 5) is 18.1. The average Bonchev–Trinajstić information content (AvgIpc) is 3.10. The van der Waals surface area contributed by atoms with E-state index < -0.39 is 0 Å². The van der Waals surface area contributed by atoms with Crippen LogP contribution in [0.15, 0.2) is 36.4 Å². The number of hydrogen-bond donors (Lipinski definition) is 1. The number of aromatic nitrogens is 1. The molecule has 1 saturated heterocycles. The minimum atomic E-state index is -0.298. The van der Waals surface area contributed by atoms with Gasteiger partial charge in [-0.2, -0.15) is 0 Å². The van der Waals surface area contributed by atoms with Gasteiger partial charge in [-0.1, -0.05) is 18.2 Å². The number of methoxy groups -OCH3 is 1. The lowest BCUT2D eigenvalue weighted by Gasteiger charge is -2.25. The van der Waals surface area contributed by atoms with Gasteiger partial charge in [0.25, 0.3) is 0 Å². The fourth-order valence-electron chi connectivity index (χ4n) is 3.40. The van der Waals surface area contributed by atoms with Gasteiger partial charge in [0.15, 0.2) is 11.6 Å². The topological polar surface area (TPSA) is 54.5 Å². The van der Waals surface area contributed by atoms with Gasteiger partial charge >= 0.3 is 0 Å². The molecule has 1 aliphatic rings. The zero-order valence-electron chi connectivity index (χ0n) is 15.2. The number of likely N-dealkylation sites (tertiary alicyclic amines) is 1. The van der Waals surface area contributed by atoms with Gasteiger partial charge in [0.2, 0.25) is 5.91 Å². The Morgan fingerprint density at radius 3 is 2.92 bits per heavy atom. The Morgan fingerprint density at radius 1 is 1.35 bits per heavy atom. The predicted molar refractivity (Wildman–Crippen MR) is 97.1 cm³/mol. The van der Waals surface area contributed by atoms with Gasteiger partial charge in [0.1, 0.15) is 0 Å². The first kappa shape index (κ1) is 18.3. The molecule has 0 bridgehead atoms. The third-order valence-electron chi connectivity index (χ3n) is 4.69. The van der Waals surface area contributed by atoms with E-state index >= 15 is 0 Å². The summed E-state index contributed by atoms with van der Waals surface area (Å²) in [6.45, 7) is 3.33. The molecule has 1 unspecified atom stereocenters. The van der Waals surface area contributed by atoms with E-state index in [1.54, 1.807) is 12.1 Å². The molecule has 2 heterocycles. The Morgan fingerprint density at radius 2 is 2.15 bits per heavy atom. The third-order valence-corrected chi connectivity index (χ3v) is 4.69. The van der Waals surface area contributed by atoms with Crippen molar-refractivity contribution in [2.45, 2.75) is 38.9 Å².